The average molecular weight is 198 g/mol. The van der Waals surface area contributed by atoms with Crippen molar-refractivity contribution in [2.24, 2.45) is 11.7 Å². The Bertz CT molecular complexity index is 139. The van der Waals surface area contributed by atoms with Crippen LogP contribution in [0.25, 0.3) is 0 Å². The molecule has 1 saturated carbocycles. The fourth-order valence-electron chi connectivity index (χ4n) is 2.59. The molecule has 1 aliphatic carbocycles. The predicted molar refractivity (Wildman–Crippen MR) is 62.3 cm³/mol. The predicted octanol–water partition coefficient (Wildman–Crippen LogP) is 2.28. The smallest absolute Gasteiger partial charge is 0.00929 e. The van der Waals surface area contributed by atoms with Gasteiger partial charge in [0.1, 0.15) is 0 Å². The summed E-state index contributed by atoms with van der Waals surface area (Å²) in [5.74, 6) is 0.910. The van der Waals surface area contributed by atoms with E-state index in [1.54, 1.807) is 0 Å². The summed E-state index contributed by atoms with van der Waals surface area (Å²) in [6.45, 7) is 2.10. The van der Waals surface area contributed by atoms with Crippen LogP contribution in [0, 0.1) is 5.92 Å². The second kappa shape index (κ2) is 6.41. The van der Waals surface area contributed by atoms with Crippen molar-refractivity contribution < 1.29 is 0 Å². The molecule has 1 aliphatic rings. The first kappa shape index (κ1) is 12.0. The van der Waals surface area contributed by atoms with Gasteiger partial charge in [-0.3, -0.25) is 0 Å². The minimum atomic E-state index is 0.356. The third kappa shape index (κ3) is 3.97. The molecule has 0 aliphatic heterocycles. The summed E-state index contributed by atoms with van der Waals surface area (Å²) in [5.41, 5.74) is 5.80. The van der Waals surface area contributed by atoms with Gasteiger partial charge in [0.25, 0.3) is 0 Å². The maximum absolute atomic E-state index is 5.80. The molecule has 0 radical (unpaired) electrons. The number of nitrogens with one attached hydrogen (secondary N) is 1. The van der Waals surface area contributed by atoms with Gasteiger partial charge in [0.05, 0.1) is 0 Å². The zero-order valence-corrected chi connectivity index (χ0v) is 9.76. The zero-order chi connectivity index (χ0) is 10.4. The van der Waals surface area contributed by atoms with E-state index in [4.69, 9.17) is 5.73 Å². The first-order chi connectivity index (χ1) is 6.74. The van der Waals surface area contributed by atoms with Crippen LogP contribution in [0.3, 0.4) is 0 Å². The van der Waals surface area contributed by atoms with Crippen LogP contribution < -0.4 is 11.1 Å². The van der Waals surface area contributed by atoms with Gasteiger partial charge >= 0.3 is 0 Å². The normalized spacial score (nSPS) is 23.4. The minimum Gasteiger partial charge on any atom is -0.328 e. The molecule has 1 fully saturated rings. The van der Waals surface area contributed by atoms with Crippen molar-refractivity contribution in [1.29, 1.82) is 0 Å². The fourth-order valence-corrected chi connectivity index (χ4v) is 2.59. The largest absolute Gasteiger partial charge is 0.328 e. The fraction of sp³-hybridized carbons (Fsp3) is 1.00. The number of hydrogen-bond acceptors (Lipinski definition) is 2. The van der Waals surface area contributed by atoms with Crippen LogP contribution in [-0.4, -0.2) is 19.1 Å². The summed E-state index contributed by atoms with van der Waals surface area (Å²) in [6, 6.07) is 1.07. The maximum Gasteiger partial charge on any atom is 0.00929 e. The Hall–Kier alpha value is -0.0800. The molecule has 14 heavy (non-hydrogen) atoms. The lowest BCUT2D eigenvalue weighted by molar-refractivity contribution is 0.262. The number of nitrogens with two attached hydrogens (primary N) is 1. The second-order valence-electron chi connectivity index (χ2n) is 4.85. The SMILES string of the molecule is CNC(CCC(C)N)C1CCCCC1. The van der Waals surface area contributed by atoms with Crippen LogP contribution in [0.15, 0.2) is 0 Å². The molecule has 0 aromatic rings. The van der Waals surface area contributed by atoms with E-state index in [-0.39, 0.29) is 0 Å². The third-order valence-corrected chi connectivity index (χ3v) is 3.52. The summed E-state index contributed by atoms with van der Waals surface area (Å²) in [4.78, 5) is 0. The Morgan fingerprint density at radius 1 is 1.21 bits per heavy atom. The molecule has 1 rings (SSSR count). The Labute approximate surface area is 88.6 Å². The van der Waals surface area contributed by atoms with Crippen molar-refractivity contribution in [3.05, 3.63) is 0 Å². The molecule has 0 spiro atoms. The Kier molecular flexibility index (Phi) is 5.49. The molecule has 2 unspecified atom stereocenters. The first-order valence-corrected chi connectivity index (χ1v) is 6.17. The molecule has 0 heterocycles. The van der Waals surface area contributed by atoms with Gasteiger partial charge in [0.2, 0.25) is 0 Å². The highest BCUT2D eigenvalue weighted by molar-refractivity contribution is 4.79. The average Bonchev–Trinajstić information content (AvgIpc) is 2.20. The van der Waals surface area contributed by atoms with Gasteiger partial charge in [-0.15, -0.1) is 0 Å². The van der Waals surface area contributed by atoms with E-state index in [0.29, 0.717) is 12.1 Å². The van der Waals surface area contributed by atoms with Gasteiger partial charge in [0, 0.05) is 12.1 Å². The molecule has 0 saturated heterocycles. The zero-order valence-electron chi connectivity index (χ0n) is 9.76. The van der Waals surface area contributed by atoms with E-state index in [1.807, 2.05) is 0 Å². The lowest BCUT2D eigenvalue weighted by Gasteiger charge is -2.30. The van der Waals surface area contributed by atoms with E-state index in [0.717, 1.165) is 12.3 Å². The summed E-state index contributed by atoms with van der Waals surface area (Å²) in [7, 11) is 2.10. The van der Waals surface area contributed by atoms with Crippen molar-refractivity contribution in [1.82, 2.24) is 5.32 Å². The van der Waals surface area contributed by atoms with Crippen molar-refractivity contribution in [3.8, 4) is 0 Å². The highest BCUT2D eigenvalue weighted by atomic mass is 14.9. The van der Waals surface area contributed by atoms with Crippen LogP contribution >= 0.6 is 0 Å². The Balaban J connectivity index is 2.28. The van der Waals surface area contributed by atoms with Gasteiger partial charge < -0.3 is 11.1 Å². The molecule has 0 amide bonds. The van der Waals surface area contributed by atoms with E-state index in [2.05, 4.69) is 19.3 Å². The Morgan fingerprint density at radius 3 is 2.36 bits per heavy atom. The van der Waals surface area contributed by atoms with Crippen LogP contribution in [0.5, 0.6) is 0 Å². The molecule has 0 bridgehead atoms. The number of rotatable bonds is 5. The lowest BCUT2D eigenvalue weighted by Crippen LogP contribution is -2.36. The van der Waals surface area contributed by atoms with Crippen LogP contribution in [0.1, 0.15) is 51.9 Å². The van der Waals surface area contributed by atoms with Gasteiger partial charge in [-0.1, -0.05) is 19.3 Å². The van der Waals surface area contributed by atoms with E-state index >= 15 is 0 Å². The maximum atomic E-state index is 5.80. The molecule has 0 aromatic heterocycles. The van der Waals surface area contributed by atoms with Gasteiger partial charge in [-0.2, -0.15) is 0 Å². The summed E-state index contributed by atoms with van der Waals surface area (Å²) >= 11 is 0. The molecular formula is C12H26N2. The molecule has 2 heteroatoms. The van der Waals surface area contributed by atoms with E-state index < -0.39 is 0 Å². The third-order valence-electron chi connectivity index (χ3n) is 3.52. The monoisotopic (exact) mass is 198 g/mol. The lowest BCUT2D eigenvalue weighted by atomic mass is 9.82. The number of hydrogen-bond donors (Lipinski definition) is 2. The van der Waals surface area contributed by atoms with Gasteiger partial charge in [0.15, 0.2) is 0 Å². The van der Waals surface area contributed by atoms with Crippen molar-refractivity contribution in [3.63, 3.8) is 0 Å². The molecule has 2 atom stereocenters. The summed E-state index contributed by atoms with van der Waals surface area (Å²) in [5, 5.41) is 3.47. The molecular weight excluding hydrogens is 172 g/mol. The van der Waals surface area contributed by atoms with E-state index in [1.165, 1.54) is 38.5 Å². The standard InChI is InChI=1S/C12H26N2/c1-10(13)8-9-12(14-2)11-6-4-3-5-7-11/h10-12,14H,3-9,13H2,1-2H3. The topological polar surface area (TPSA) is 38.0 Å². The van der Waals surface area contributed by atoms with Crippen LogP contribution in [-0.2, 0) is 0 Å². The summed E-state index contributed by atoms with van der Waals surface area (Å²) < 4.78 is 0. The molecule has 0 aromatic carbocycles. The van der Waals surface area contributed by atoms with Gasteiger partial charge in [-0.05, 0) is 45.6 Å². The second-order valence-corrected chi connectivity index (χ2v) is 4.85. The van der Waals surface area contributed by atoms with Crippen LogP contribution in [0.4, 0.5) is 0 Å². The van der Waals surface area contributed by atoms with Crippen LogP contribution in [0.2, 0.25) is 0 Å². The molecule has 3 N–H and O–H groups in total. The van der Waals surface area contributed by atoms with E-state index in [9.17, 15) is 0 Å². The molecule has 2 nitrogen and oxygen atoms in total. The Morgan fingerprint density at radius 2 is 1.86 bits per heavy atom. The highest BCUT2D eigenvalue weighted by Crippen LogP contribution is 2.28. The highest BCUT2D eigenvalue weighted by Gasteiger charge is 2.21. The quantitative estimate of drug-likeness (QED) is 0.711. The van der Waals surface area contributed by atoms with Gasteiger partial charge in [-0.25, -0.2) is 0 Å². The van der Waals surface area contributed by atoms with Crippen molar-refractivity contribution >= 4 is 0 Å². The first-order valence-electron chi connectivity index (χ1n) is 6.17. The minimum absolute atomic E-state index is 0.356. The molecule has 84 valence electrons. The van der Waals surface area contributed by atoms with Crippen molar-refractivity contribution in [2.45, 2.75) is 64.0 Å². The van der Waals surface area contributed by atoms with Crippen molar-refractivity contribution in [2.75, 3.05) is 7.05 Å². The summed E-state index contributed by atoms with van der Waals surface area (Å²) in [6.07, 6.45) is 9.55.